The molecule has 0 atom stereocenters. The smallest absolute Gasteiger partial charge is 0.228 e. The average Bonchev–Trinajstić information content (AvgIpc) is 2.78. The Balaban J connectivity index is 1.82. The molecule has 5 nitrogen and oxygen atoms in total. The van der Waals surface area contributed by atoms with E-state index in [1.807, 2.05) is 0 Å². The molecule has 1 aliphatic rings. The van der Waals surface area contributed by atoms with Crippen molar-refractivity contribution in [1.29, 1.82) is 0 Å². The Hall–Kier alpha value is -2.56. The molecule has 1 amide bonds. The van der Waals surface area contributed by atoms with Crippen molar-refractivity contribution in [2.24, 2.45) is 0 Å². The van der Waals surface area contributed by atoms with Crippen LogP contribution < -0.4 is 5.32 Å². The molecular weight excluding hydrogens is 242 g/mol. The molecule has 2 aromatic rings. The molecule has 94 valence electrons. The number of Topliss-reactive ketones (excluding diaryl/α,β-unsaturated/α-hetero) is 1. The van der Waals surface area contributed by atoms with Gasteiger partial charge in [-0.05, 0) is 23.8 Å². The second-order valence-electron chi connectivity index (χ2n) is 4.39. The van der Waals surface area contributed by atoms with E-state index in [9.17, 15) is 9.59 Å². The highest BCUT2D eigenvalue weighted by Gasteiger charge is 2.19. The van der Waals surface area contributed by atoms with Gasteiger partial charge in [0.05, 0.1) is 18.5 Å². The van der Waals surface area contributed by atoms with Gasteiger partial charge in [-0.3, -0.25) is 19.6 Å². The molecule has 0 fully saturated rings. The van der Waals surface area contributed by atoms with Crippen LogP contribution in [0.3, 0.4) is 0 Å². The Morgan fingerprint density at radius 1 is 1.32 bits per heavy atom. The first kappa shape index (κ1) is 11.5. The number of hydrogen-bond donors (Lipinski definition) is 1. The first-order valence-electron chi connectivity index (χ1n) is 5.93. The van der Waals surface area contributed by atoms with Crippen molar-refractivity contribution >= 4 is 17.4 Å². The number of hydrogen-bond acceptors (Lipinski definition) is 4. The fourth-order valence-corrected chi connectivity index (χ4v) is 2.09. The number of ketones is 1. The second kappa shape index (κ2) is 4.61. The number of anilines is 1. The number of carbonyl (C=O) groups is 2. The lowest BCUT2D eigenvalue weighted by atomic mass is 10.0. The quantitative estimate of drug-likeness (QED) is 0.839. The van der Waals surface area contributed by atoms with Crippen LogP contribution in [0, 0.1) is 0 Å². The number of fused-ring (bicyclic) bond motifs is 1. The summed E-state index contributed by atoms with van der Waals surface area (Å²) in [4.78, 5) is 31.4. The topological polar surface area (TPSA) is 72.0 Å². The normalized spacial score (nSPS) is 12.9. The highest BCUT2D eigenvalue weighted by molar-refractivity contribution is 6.02. The number of carbonyl (C=O) groups excluding carboxylic acids is 2. The third-order valence-electron chi connectivity index (χ3n) is 3.01. The molecule has 5 heteroatoms. The Kier molecular flexibility index (Phi) is 2.79. The summed E-state index contributed by atoms with van der Waals surface area (Å²) in [5, 5.41) is 2.74. The minimum Gasteiger partial charge on any atom is -0.326 e. The number of amides is 1. The largest absolute Gasteiger partial charge is 0.326 e. The van der Waals surface area contributed by atoms with Crippen molar-refractivity contribution < 1.29 is 9.59 Å². The van der Waals surface area contributed by atoms with Crippen LogP contribution in [-0.4, -0.2) is 21.7 Å². The summed E-state index contributed by atoms with van der Waals surface area (Å²) in [7, 11) is 0. The van der Waals surface area contributed by atoms with Gasteiger partial charge in [0, 0.05) is 29.8 Å². The van der Waals surface area contributed by atoms with E-state index in [-0.39, 0.29) is 18.1 Å². The molecule has 0 saturated heterocycles. The lowest BCUT2D eigenvalue weighted by Crippen LogP contribution is -2.05. The zero-order valence-corrected chi connectivity index (χ0v) is 10.1. The maximum Gasteiger partial charge on any atom is 0.228 e. The van der Waals surface area contributed by atoms with Crippen molar-refractivity contribution in [1.82, 2.24) is 9.97 Å². The number of rotatable bonds is 3. The van der Waals surface area contributed by atoms with Gasteiger partial charge >= 0.3 is 0 Å². The highest BCUT2D eigenvalue weighted by Crippen LogP contribution is 2.24. The van der Waals surface area contributed by atoms with Crippen molar-refractivity contribution in [3.63, 3.8) is 0 Å². The first-order chi connectivity index (χ1) is 9.22. The Bertz CT molecular complexity index is 653. The summed E-state index contributed by atoms with van der Waals surface area (Å²) in [5.41, 5.74) is 2.90. The molecular formula is C14H11N3O2. The zero-order chi connectivity index (χ0) is 13.2. The van der Waals surface area contributed by atoms with Gasteiger partial charge in [-0.25, -0.2) is 0 Å². The van der Waals surface area contributed by atoms with Gasteiger partial charge in [0.25, 0.3) is 0 Å². The summed E-state index contributed by atoms with van der Waals surface area (Å²) in [6.45, 7) is 0. The average molecular weight is 253 g/mol. The van der Waals surface area contributed by atoms with Gasteiger partial charge in [0.15, 0.2) is 5.78 Å². The Labute approximate surface area is 109 Å². The molecule has 2 heterocycles. The lowest BCUT2D eigenvalue weighted by Gasteiger charge is -2.03. The maximum atomic E-state index is 12.1. The lowest BCUT2D eigenvalue weighted by molar-refractivity contribution is -0.115. The van der Waals surface area contributed by atoms with Crippen LogP contribution >= 0.6 is 0 Å². The number of nitrogens with one attached hydrogen (secondary N) is 1. The minimum absolute atomic E-state index is 0.0253. The summed E-state index contributed by atoms with van der Waals surface area (Å²) >= 11 is 0. The van der Waals surface area contributed by atoms with E-state index < -0.39 is 0 Å². The predicted molar refractivity (Wildman–Crippen MR) is 68.8 cm³/mol. The van der Waals surface area contributed by atoms with E-state index in [0.717, 1.165) is 11.3 Å². The molecule has 3 rings (SSSR count). The van der Waals surface area contributed by atoms with E-state index >= 15 is 0 Å². The second-order valence-corrected chi connectivity index (χ2v) is 4.39. The molecule has 1 N–H and O–H groups in total. The van der Waals surface area contributed by atoms with E-state index in [2.05, 4.69) is 15.3 Å². The van der Waals surface area contributed by atoms with Crippen LogP contribution in [0.1, 0.15) is 21.6 Å². The van der Waals surface area contributed by atoms with Crippen molar-refractivity contribution in [3.8, 4) is 0 Å². The molecule has 0 bridgehead atoms. The summed E-state index contributed by atoms with van der Waals surface area (Å²) in [5.74, 6) is -0.0591. The SMILES string of the molecule is O=C1Cc2cc(C(=O)Cc3cnccn3)ccc2N1. The van der Waals surface area contributed by atoms with Crippen LogP contribution in [-0.2, 0) is 17.6 Å². The van der Waals surface area contributed by atoms with Crippen molar-refractivity contribution in [2.45, 2.75) is 12.8 Å². The van der Waals surface area contributed by atoms with Gasteiger partial charge in [-0.2, -0.15) is 0 Å². The molecule has 0 unspecified atom stereocenters. The fraction of sp³-hybridized carbons (Fsp3) is 0.143. The van der Waals surface area contributed by atoms with E-state index in [4.69, 9.17) is 0 Å². The standard InChI is InChI=1S/C14H11N3O2/c18-13(7-11-8-15-3-4-16-11)9-1-2-12-10(5-9)6-14(19)17-12/h1-5,8H,6-7H2,(H,17,19). The van der Waals surface area contributed by atoms with Crippen LogP contribution in [0.25, 0.3) is 0 Å². The van der Waals surface area contributed by atoms with Crippen LogP contribution in [0.15, 0.2) is 36.8 Å². The minimum atomic E-state index is -0.0338. The fourth-order valence-electron chi connectivity index (χ4n) is 2.09. The van der Waals surface area contributed by atoms with Gasteiger partial charge < -0.3 is 5.32 Å². The third kappa shape index (κ3) is 2.35. The number of aromatic nitrogens is 2. The first-order valence-corrected chi connectivity index (χ1v) is 5.93. The van der Waals surface area contributed by atoms with E-state index in [1.54, 1.807) is 36.8 Å². The summed E-state index contributed by atoms with van der Waals surface area (Å²) in [6, 6.07) is 5.26. The van der Waals surface area contributed by atoms with E-state index in [1.165, 1.54) is 0 Å². The maximum absolute atomic E-state index is 12.1. The molecule has 0 spiro atoms. The summed E-state index contributed by atoms with van der Waals surface area (Å²) in [6.07, 6.45) is 5.26. The molecule has 0 saturated carbocycles. The Morgan fingerprint density at radius 2 is 2.21 bits per heavy atom. The summed E-state index contributed by atoms with van der Waals surface area (Å²) < 4.78 is 0. The van der Waals surface area contributed by atoms with Crippen LogP contribution in [0.5, 0.6) is 0 Å². The van der Waals surface area contributed by atoms with Gasteiger partial charge in [0.1, 0.15) is 0 Å². The Morgan fingerprint density at radius 3 is 3.00 bits per heavy atom. The number of benzene rings is 1. The van der Waals surface area contributed by atoms with Gasteiger partial charge in [-0.15, -0.1) is 0 Å². The molecule has 1 aromatic carbocycles. The highest BCUT2D eigenvalue weighted by atomic mass is 16.1. The third-order valence-corrected chi connectivity index (χ3v) is 3.01. The number of nitrogens with zero attached hydrogens (tertiary/aromatic N) is 2. The zero-order valence-electron chi connectivity index (χ0n) is 10.1. The molecule has 0 radical (unpaired) electrons. The predicted octanol–water partition coefficient (Wildman–Crippen LogP) is 1.40. The van der Waals surface area contributed by atoms with Crippen molar-refractivity contribution in [3.05, 3.63) is 53.6 Å². The van der Waals surface area contributed by atoms with Gasteiger partial charge in [-0.1, -0.05) is 0 Å². The molecule has 19 heavy (non-hydrogen) atoms. The van der Waals surface area contributed by atoms with Crippen molar-refractivity contribution in [2.75, 3.05) is 5.32 Å². The van der Waals surface area contributed by atoms with Crippen LogP contribution in [0.2, 0.25) is 0 Å². The van der Waals surface area contributed by atoms with Crippen LogP contribution in [0.4, 0.5) is 5.69 Å². The van der Waals surface area contributed by atoms with Gasteiger partial charge in [0.2, 0.25) is 5.91 Å². The molecule has 1 aliphatic heterocycles. The monoisotopic (exact) mass is 253 g/mol. The molecule has 0 aliphatic carbocycles. The van der Waals surface area contributed by atoms with E-state index in [0.29, 0.717) is 17.7 Å². The molecule has 1 aromatic heterocycles.